The van der Waals surface area contributed by atoms with Crippen LogP contribution in [0, 0.1) is 0 Å². The van der Waals surface area contributed by atoms with Crippen LogP contribution >= 0.6 is 0 Å². The molecule has 0 atom stereocenters. The van der Waals surface area contributed by atoms with Gasteiger partial charge in [0.2, 0.25) is 11.8 Å². The predicted molar refractivity (Wildman–Crippen MR) is 47.4 cm³/mol. The number of carbonyl (C=O) groups is 1. The van der Waals surface area contributed by atoms with Crippen LogP contribution < -0.4 is 10.1 Å². The Balaban J connectivity index is 2.69. The number of amides is 1. The van der Waals surface area contributed by atoms with Crippen molar-refractivity contribution >= 4 is 11.7 Å². The Bertz CT molecular complexity index is 308. The van der Waals surface area contributed by atoms with Crippen LogP contribution in [0.5, 0.6) is 5.88 Å². The highest BCUT2D eigenvalue weighted by Gasteiger charge is 1.98. The molecule has 0 radical (unpaired) electrons. The quantitative estimate of drug-likeness (QED) is 0.690. The van der Waals surface area contributed by atoms with Gasteiger partial charge in [0.05, 0.1) is 19.5 Å². The lowest BCUT2D eigenvalue weighted by atomic mass is 10.5. The molecular formula is C8H9N3O2. The summed E-state index contributed by atoms with van der Waals surface area (Å²) in [5, 5.41) is 2.46. The van der Waals surface area contributed by atoms with Crippen molar-refractivity contribution in [2.24, 2.45) is 0 Å². The van der Waals surface area contributed by atoms with Gasteiger partial charge in [0.25, 0.3) is 0 Å². The molecule has 1 aromatic heterocycles. The van der Waals surface area contributed by atoms with E-state index in [4.69, 9.17) is 4.74 Å². The molecule has 0 saturated heterocycles. The summed E-state index contributed by atoms with van der Waals surface area (Å²) < 4.78 is 4.79. The van der Waals surface area contributed by atoms with Crippen LogP contribution in [-0.2, 0) is 4.79 Å². The molecule has 5 heteroatoms. The number of ether oxygens (including phenoxy) is 1. The second kappa shape index (κ2) is 4.20. The van der Waals surface area contributed by atoms with E-state index in [1.54, 1.807) is 0 Å². The Morgan fingerprint density at radius 3 is 2.85 bits per heavy atom. The highest BCUT2D eigenvalue weighted by atomic mass is 16.5. The highest BCUT2D eigenvalue weighted by molar-refractivity contribution is 5.98. The van der Waals surface area contributed by atoms with E-state index in [2.05, 4.69) is 21.9 Å². The molecule has 1 heterocycles. The van der Waals surface area contributed by atoms with E-state index in [0.29, 0.717) is 11.7 Å². The van der Waals surface area contributed by atoms with Gasteiger partial charge in [0.15, 0.2) is 5.82 Å². The van der Waals surface area contributed by atoms with E-state index in [9.17, 15) is 4.79 Å². The molecule has 0 aromatic carbocycles. The average Bonchev–Trinajstić information content (AvgIpc) is 2.19. The predicted octanol–water partition coefficient (Wildman–Crippen LogP) is 0.610. The lowest BCUT2D eigenvalue weighted by Gasteiger charge is -2.00. The third-order valence-corrected chi connectivity index (χ3v) is 1.27. The maximum absolute atomic E-state index is 10.8. The van der Waals surface area contributed by atoms with Crippen LogP contribution in [0.3, 0.4) is 0 Å². The molecule has 0 aliphatic heterocycles. The SMILES string of the molecule is C=CC(=O)Nc1cnc(OC)cn1. The Hall–Kier alpha value is -1.91. The minimum atomic E-state index is -0.320. The van der Waals surface area contributed by atoms with Crippen LogP contribution in [0.15, 0.2) is 25.0 Å². The van der Waals surface area contributed by atoms with Crippen molar-refractivity contribution in [3.05, 3.63) is 25.0 Å². The zero-order valence-corrected chi connectivity index (χ0v) is 7.15. The monoisotopic (exact) mass is 179 g/mol. The van der Waals surface area contributed by atoms with Gasteiger partial charge >= 0.3 is 0 Å². The van der Waals surface area contributed by atoms with Gasteiger partial charge < -0.3 is 10.1 Å². The number of anilines is 1. The fraction of sp³-hybridized carbons (Fsp3) is 0.125. The molecule has 0 bridgehead atoms. The summed E-state index contributed by atoms with van der Waals surface area (Å²) in [4.78, 5) is 18.5. The fourth-order valence-electron chi connectivity index (χ4n) is 0.663. The topological polar surface area (TPSA) is 64.1 Å². The van der Waals surface area contributed by atoms with Crippen molar-refractivity contribution in [1.29, 1.82) is 0 Å². The molecular weight excluding hydrogens is 170 g/mol. The molecule has 1 N–H and O–H groups in total. The van der Waals surface area contributed by atoms with Crippen molar-refractivity contribution < 1.29 is 9.53 Å². The standard InChI is InChI=1S/C8H9N3O2/c1-3-7(12)11-6-4-10-8(13-2)5-9-6/h3-5H,1H2,2H3,(H,9,11,12). The number of hydrogen-bond donors (Lipinski definition) is 1. The Kier molecular flexibility index (Phi) is 2.97. The van der Waals surface area contributed by atoms with E-state index < -0.39 is 0 Å². The van der Waals surface area contributed by atoms with Crippen molar-refractivity contribution in [2.45, 2.75) is 0 Å². The second-order valence-corrected chi connectivity index (χ2v) is 2.14. The molecule has 0 aliphatic rings. The molecule has 0 saturated carbocycles. The number of nitrogens with zero attached hydrogens (tertiary/aromatic N) is 2. The first-order chi connectivity index (χ1) is 6.26. The first kappa shape index (κ1) is 9.18. The van der Waals surface area contributed by atoms with Gasteiger partial charge in [-0.3, -0.25) is 4.79 Å². The third kappa shape index (κ3) is 2.55. The smallest absolute Gasteiger partial charge is 0.248 e. The summed E-state index contributed by atoms with van der Waals surface area (Å²) in [6, 6.07) is 0. The maximum atomic E-state index is 10.8. The van der Waals surface area contributed by atoms with Crippen molar-refractivity contribution in [1.82, 2.24) is 9.97 Å². The third-order valence-electron chi connectivity index (χ3n) is 1.27. The molecule has 0 spiro atoms. The minimum Gasteiger partial charge on any atom is -0.480 e. The molecule has 1 amide bonds. The van der Waals surface area contributed by atoms with Gasteiger partial charge in [0, 0.05) is 0 Å². The van der Waals surface area contributed by atoms with E-state index in [0.717, 1.165) is 6.08 Å². The van der Waals surface area contributed by atoms with E-state index in [1.165, 1.54) is 19.5 Å². The van der Waals surface area contributed by atoms with Gasteiger partial charge in [-0.1, -0.05) is 6.58 Å². The summed E-state index contributed by atoms with van der Waals surface area (Å²) in [7, 11) is 1.49. The number of hydrogen-bond acceptors (Lipinski definition) is 4. The van der Waals surface area contributed by atoms with Crippen LogP contribution in [0.2, 0.25) is 0 Å². The molecule has 5 nitrogen and oxygen atoms in total. The number of methoxy groups -OCH3 is 1. The van der Waals surface area contributed by atoms with Gasteiger partial charge in [-0.2, -0.15) is 0 Å². The maximum Gasteiger partial charge on any atom is 0.248 e. The molecule has 0 unspecified atom stereocenters. The molecule has 0 aliphatic carbocycles. The summed E-state index contributed by atoms with van der Waals surface area (Å²) in [5.74, 6) is 0.446. The van der Waals surface area contributed by atoms with E-state index in [1.807, 2.05) is 0 Å². The summed E-state index contributed by atoms with van der Waals surface area (Å²) in [5.41, 5.74) is 0. The minimum absolute atomic E-state index is 0.320. The Morgan fingerprint density at radius 1 is 1.62 bits per heavy atom. The fourth-order valence-corrected chi connectivity index (χ4v) is 0.663. The van der Waals surface area contributed by atoms with Gasteiger partial charge in [-0.05, 0) is 6.08 Å². The molecule has 1 rings (SSSR count). The van der Waals surface area contributed by atoms with Crippen LogP contribution in [0.1, 0.15) is 0 Å². The van der Waals surface area contributed by atoms with Gasteiger partial charge in [-0.25, -0.2) is 9.97 Å². The second-order valence-electron chi connectivity index (χ2n) is 2.14. The molecule has 0 fully saturated rings. The number of nitrogens with one attached hydrogen (secondary N) is 1. The highest BCUT2D eigenvalue weighted by Crippen LogP contribution is 2.05. The lowest BCUT2D eigenvalue weighted by molar-refractivity contribution is -0.111. The summed E-state index contributed by atoms with van der Waals surface area (Å²) >= 11 is 0. The molecule has 1 aromatic rings. The van der Waals surface area contributed by atoms with Crippen LogP contribution in [0.4, 0.5) is 5.82 Å². The average molecular weight is 179 g/mol. The van der Waals surface area contributed by atoms with Crippen molar-refractivity contribution in [2.75, 3.05) is 12.4 Å². The van der Waals surface area contributed by atoms with Gasteiger partial charge in [0.1, 0.15) is 0 Å². The molecule has 68 valence electrons. The summed E-state index contributed by atoms with van der Waals surface area (Å²) in [6.07, 6.45) is 3.98. The van der Waals surface area contributed by atoms with Gasteiger partial charge in [-0.15, -0.1) is 0 Å². The zero-order chi connectivity index (χ0) is 9.68. The lowest BCUT2D eigenvalue weighted by Crippen LogP contribution is -2.08. The number of carbonyl (C=O) groups excluding carboxylic acids is 1. The largest absolute Gasteiger partial charge is 0.480 e. The van der Waals surface area contributed by atoms with Crippen LogP contribution in [0.25, 0.3) is 0 Å². The Morgan fingerprint density at radius 2 is 2.38 bits per heavy atom. The van der Waals surface area contributed by atoms with E-state index in [-0.39, 0.29) is 5.91 Å². The van der Waals surface area contributed by atoms with Crippen LogP contribution in [-0.4, -0.2) is 23.0 Å². The molecule has 13 heavy (non-hydrogen) atoms. The van der Waals surface area contributed by atoms with E-state index >= 15 is 0 Å². The number of rotatable bonds is 3. The first-order valence-electron chi connectivity index (χ1n) is 3.55. The van der Waals surface area contributed by atoms with Crippen molar-refractivity contribution in [3.8, 4) is 5.88 Å². The normalized spacial score (nSPS) is 9.00. The zero-order valence-electron chi connectivity index (χ0n) is 7.15. The summed E-state index contributed by atoms with van der Waals surface area (Å²) in [6.45, 7) is 3.31. The Labute approximate surface area is 75.5 Å². The number of aromatic nitrogens is 2. The van der Waals surface area contributed by atoms with Crippen molar-refractivity contribution in [3.63, 3.8) is 0 Å². The first-order valence-corrected chi connectivity index (χ1v) is 3.55.